The number of hydrogen-bond acceptors (Lipinski definition) is 4. The molecule has 0 bridgehead atoms. The molecule has 0 aliphatic rings. The van der Waals surface area contributed by atoms with Crippen molar-refractivity contribution in [3.63, 3.8) is 0 Å². The Bertz CT molecular complexity index is 518. The third-order valence-electron chi connectivity index (χ3n) is 1.60. The minimum absolute atomic E-state index is 0.126. The molecule has 0 amide bonds. The molecule has 0 saturated heterocycles. The second-order valence-corrected chi connectivity index (χ2v) is 2.68. The topological polar surface area (TPSA) is 60.2 Å². The first-order chi connectivity index (χ1) is 7.00. The molecule has 0 radical (unpaired) electrons. The molecule has 78 valence electrons. The van der Waals surface area contributed by atoms with Crippen LogP contribution < -0.4 is 0 Å². The fourth-order valence-electron chi connectivity index (χ4n) is 0.977. The van der Waals surface area contributed by atoms with Crippen LogP contribution in [0.3, 0.4) is 0 Å². The van der Waals surface area contributed by atoms with Gasteiger partial charge in [0.25, 0.3) is 11.6 Å². The normalized spacial score (nSPS) is 11.9. The fraction of sp³-hybridized carbons (Fsp3) is 0.143. The van der Waals surface area contributed by atoms with Gasteiger partial charge in [0.05, 0.1) is 5.56 Å². The molecule has 2 heterocycles. The molecule has 0 saturated carbocycles. The van der Waals surface area contributed by atoms with Gasteiger partial charge < -0.3 is 0 Å². The Balaban J connectivity index is 2.61. The Kier molecular flexibility index (Phi) is 1.92. The molecular weight excluding hydrogens is 213 g/mol. The molecular formula is C7H3F3N4O. The number of carbonyl (C=O) groups is 1. The SMILES string of the molecule is O=Cc1cnc2nc(C(F)(F)F)nn2c1. The van der Waals surface area contributed by atoms with Crippen molar-refractivity contribution in [1.82, 2.24) is 19.6 Å². The number of halogens is 3. The van der Waals surface area contributed by atoms with E-state index >= 15 is 0 Å². The molecule has 0 aromatic carbocycles. The number of aromatic nitrogens is 4. The molecule has 0 fully saturated rings. The summed E-state index contributed by atoms with van der Waals surface area (Å²) >= 11 is 0. The Morgan fingerprint density at radius 2 is 2.13 bits per heavy atom. The summed E-state index contributed by atoms with van der Waals surface area (Å²) in [5.74, 6) is -1.48. The van der Waals surface area contributed by atoms with E-state index in [2.05, 4.69) is 15.1 Å². The fourth-order valence-corrected chi connectivity index (χ4v) is 0.977. The highest BCUT2D eigenvalue weighted by molar-refractivity contribution is 5.73. The van der Waals surface area contributed by atoms with E-state index < -0.39 is 12.0 Å². The van der Waals surface area contributed by atoms with Crippen molar-refractivity contribution in [2.24, 2.45) is 0 Å². The first-order valence-corrected chi connectivity index (χ1v) is 3.75. The lowest BCUT2D eigenvalue weighted by molar-refractivity contribution is -0.144. The van der Waals surface area contributed by atoms with Crippen LogP contribution in [0.5, 0.6) is 0 Å². The van der Waals surface area contributed by atoms with E-state index in [1.165, 1.54) is 0 Å². The highest BCUT2D eigenvalue weighted by Gasteiger charge is 2.36. The lowest BCUT2D eigenvalue weighted by atomic mass is 10.4. The van der Waals surface area contributed by atoms with Crippen LogP contribution in [0, 0.1) is 0 Å². The van der Waals surface area contributed by atoms with Gasteiger partial charge in [-0.1, -0.05) is 0 Å². The van der Waals surface area contributed by atoms with Crippen LogP contribution in [0.1, 0.15) is 16.2 Å². The zero-order chi connectivity index (χ0) is 11.1. The van der Waals surface area contributed by atoms with E-state index in [0.717, 1.165) is 16.9 Å². The van der Waals surface area contributed by atoms with Crippen molar-refractivity contribution in [3.05, 3.63) is 23.8 Å². The number of carbonyl (C=O) groups excluding carboxylic acids is 1. The summed E-state index contributed by atoms with van der Waals surface area (Å²) in [6.45, 7) is 0. The van der Waals surface area contributed by atoms with Gasteiger partial charge in [-0.25, -0.2) is 9.50 Å². The molecule has 2 rings (SSSR count). The summed E-state index contributed by atoms with van der Waals surface area (Å²) < 4.78 is 37.3. The maximum Gasteiger partial charge on any atom is 0.453 e. The maximum absolute atomic E-state index is 12.2. The second kappa shape index (κ2) is 3.01. The van der Waals surface area contributed by atoms with Gasteiger partial charge >= 0.3 is 6.18 Å². The Morgan fingerprint density at radius 3 is 2.73 bits per heavy atom. The monoisotopic (exact) mass is 216 g/mol. The van der Waals surface area contributed by atoms with Gasteiger partial charge in [-0.2, -0.15) is 18.2 Å². The smallest absolute Gasteiger partial charge is 0.298 e. The molecule has 0 N–H and O–H groups in total. The molecule has 0 aliphatic heterocycles. The highest BCUT2D eigenvalue weighted by atomic mass is 19.4. The summed E-state index contributed by atoms with van der Waals surface area (Å²) in [6, 6.07) is 0. The van der Waals surface area contributed by atoms with Crippen molar-refractivity contribution in [1.29, 1.82) is 0 Å². The Hall–Kier alpha value is -1.99. The van der Waals surface area contributed by atoms with Gasteiger partial charge in [0, 0.05) is 12.4 Å². The maximum atomic E-state index is 12.2. The molecule has 2 aromatic rings. The van der Waals surface area contributed by atoms with E-state index in [-0.39, 0.29) is 11.3 Å². The summed E-state index contributed by atoms with van der Waals surface area (Å²) in [4.78, 5) is 17.0. The van der Waals surface area contributed by atoms with Gasteiger partial charge in [0.15, 0.2) is 6.29 Å². The van der Waals surface area contributed by atoms with Gasteiger partial charge in [-0.15, -0.1) is 5.10 Å². The van der Waals surface area contributed by atoms with Crippen LogP contribution in [0.25, 0.3) is 5.78 Å². The second-order valence-electron chi connectivity index (χ2n) is 2.68. The van der Waals surface area contributed by atoms with E-state index in [0.29, 0.717) is 6.29 Å². The molecule has 0 unspecified atom stereocenters. The minimum Gasteiger partial charge on any atom is -0.298 e. The lowest BCUT2D eigenvalue weighted by Crippen LogP contribution is -2.07. The van der Waals surface area contributed by atoms with Crippen LogP contribution in [-0.2, 0) is 6.18 Å². The van der Waals surface area contributed by atoms with Gasteiger partial charge in [0.2, 0.25) is 0 Å². The van der Waals surface area contributed by atoms with Crippen molar-refractivity contribution in [2.45, 2.75) is 6.18 Å². The van der Waals surface area contributed by atoms with E-state index in [1.54, 1.807) is 0 Å². The molecule has 0 spiro atoms. The standard InChI is InChI=1S/C7H3F3N4O/c8-7(9,10)5-12-6-11-1-4(3-15)2-14(6)13-5/h1-3H. The number of hydrogen-bond donors (Lipinski definition) is 0. The number of rotatable bonds is 1. The van der Waals surface area contributed by atoms with Gasteiger partial charge in [0.1, 0.15) is 0 Å². The Morgan fingerprint density at radius 1 is 1.40 bits per heavy atom. The highest BCUT2D eigenvalue weighted by Crippen LogP contribution is 2.25. The van der Waals surface area contributed by atoms with E-state index in [4.69, 9.17) is 0 Å². The first kappa shape index (κ1) is 9.56. The summed E-state index contributed by atoms with van der Waals surface area (Å²) in [5.41, 5.74) is 0.126. The molecule has 5 nitrogen and oxygen atoms in total. The largest absolute Gasteiger partial charge is 0.453 e. The van der Waals surface area contributed by atoms with Crippen LogP contribution in [0.4, 0.5) is 13.2 Å². The third kappa shape index (κ3) is 1.65. The van der Waals surface area contributed by atoms with Crippen molar-refractivity contribution < 1.29 is 18.0 Å². The summed E-state index contributed by atoms with van der Waals surface area (Å²) in [7, 11) is 0. The van der Waals surface area contributed by atoms with Crippen LogP contribution in [-0.4, -0.2) is 25.9 Å². The predicted molar refractivity (Wildman–Crippen MR) is 41.2 cm³/mol. The Labute approximate surface area is 80.6 Å². The van der Waals surface area contributed by atoms with Gasteiger partial charge in [-0.05, 0) is 0 Å². The average molecular weight is 216 g/mol. The van der Waals surface area contributed by atoms with E-state index in [1.807, 2.05) is 0 Å². The van der Waals surface area contributed by atoms with Crippen LogP contribution >= 0.6 is 0 Å². The van der Waals surface area contributed by atoms with Crippen LogP contribution in [0.15, 0.2) is 12.4 Å². The van der Waals surface area contributed by atoms with Crippen molar-refractivity contribution in [3.8, 4) is 0 Å². The number of aldehydes is 1. The zero-order valence-corrected chi connectivity index (χ0v) is 7.06. The third-order valence-corrected chi connectivity index (χ3v) is 1.60. The molecule has 0 atom stereocenters. The van der Waals surface area contributed by atoms with Crippen molar-refractivity contribution >= 4 is 12.1 Å². The molecule has 8 heteroatoms. The summed E-state index contributed by atoms with van der Waals surface area (Å²) in [6.07, 6.45) is -1.91. The van der Waals surface area contributed by atoms with E-state index in [9.17, 15) is 18.0 Å². The zero-order valence-electron chi connectivity index (χ0n) is 7.06. The first-order valence-electron chi connectivity index (χ1n) is 3.75. The average Bonchev–Trinajstić information content (AvgIpc) is 2.59. The quantitative estimate of drug-likeness (QED) is 0.666. The molecule has 15 heavy (non-hydrogen) atoms. The van der Waals surface area contributed by atoms with Gasteiger partial charge in [-0.3, -0.25) is 4.79 Å². The number of nitrogens with zero attached hydrogens (tertiary/aromatic N) is 4. The minimum atomic E-state index is -4.62. The number of fused-ring (bicyclic) bond motifs is 1. The lowest BCUT2D eigenvalue weighted by Gasteiger charge is -1.96. The number of alkyl halides is 3. The molecule has 0 aliphatic carbocycles. The van der Waals surface area contributed by atoms with Crippen molar-refractivity contribution in [2.75, 3.05) is 0 Å². The summed E-state index contributed by atoms with van der Waals surface area (Å²) in [5, 5.41) is 3.15. The molecule has 2 aromatic heterocycles. The predicted octanol–water partition coefficient (Wildman–Crippen LogP) is 0.956. The van der Waals surface area contributed by atoms with Crippen LogP contribution in [0.2, 0.25) is 0 Å².